The number of carbonyl (C=O) groups excluding carboxylic acids is 2. The molecule has 0 heterocycles. The monoisotopic (exact) mass is 507 g/mol. The highest BCUT2D eigenvalue weighted by Gasteiger charge is 2.14. The maximum atomic E-state index is 12.2. The molecule has 2 amide bonds. The zero-order valence-electron chi connectivity index (χ0n) is 16.1. The summed E-state index contributed by atoms with van der Waals surface area (Å²) >= 11 is 2.19. The largest absolute Gasteiger partial charge is 0.329 e. The van der Waals surface area contributed by atoms with Crippen molar-refractivity contribution in [3.63, 3.8) is 0 Å². The van der Waals surface area contributed by atoms with Gasteiger partial charge in [-0.3, -0.25) is 9.59 Å². The van der Waals surface area contributed by atoms with Gasteiger partial charge in [-0.15, -0.1) is 0 Å². The van der Waals surface area contributed by atoms with Crippen molar-refractivity contribution in [1.29, 1.82) is 0 Å². The quantitative estimate of drug-likeness (QED) is 0.135. The number of nitrogens with one attached hydrogen (secondary N) is 2. The number of benzene rings is 4. The molecule has 6 heteroatoms. The van der Waals surface area contributed by atoms with E-state index in [1.807, 2.05) is 67.6 Å². The third-order valence-electron chi connectivity index (χ3n) is 4.82. The second-order valence-electron chi connectivity index (χ2n) is 6.85. The van der Waals surface area contributed by atoms with Crippen molar-refractivity contribution in [3.8, 4) is 0 Å². The lowest BCUT2D eigenvalue weighted by Gasteiger charge is -2.09. The van der Waals surface area contributed by atoms with Gasteiger partial charge in [-0.1, -0.05) is 48.5 Å². The van der Waals surface area contributed by atoms with Gasteiger partial charge >= 0.3 is 11.8 Å². The maximum Gasteiger partial charge on any atom is 0.329 e. The number of nitrogens with zero attached hydrogens (tertiary/aromatic N) is 1. The molecular formula is C24H18IN3O2. The van der Waals surface area contributed by atoms with E-state index in [-0.39, 0.29) is 0 Å². The topological polar surface area (TPSA) is 70.6 Å². The second-order valence-corrected chi connectivity index (χ2v) is 8.09. The van der Waals surface area contributed by atoms with Crippen LogP contribution in [0.3, 0.4) is 0 Å². The summed E-state index contributed by atoms with van der Waals surface area (Å²) in [5, 5.41) is 10.9. The summed E-state index contributed by atoms with van der Waals surface area (Å²) in [5.41, 5.74) is 4.70. The number of amides is 2. The summed E-state index contributed by atoms with van der Waals surface area (Å²) in [4.78, 5) is 24.4. The molecule has 0 saturated heterocycles. The summed E-state index contributed by atoms with van der Waals surface area (Å²) in [6, 6.07) is 23.7. The lowest BCUT2D eigenvalue weighted by atomic mass is 9.97. The molecule has 4 rings (SSSR count). The minimum atomic E-state index is -0.825. The number of fused-ring (bicyclic) bond motifs is 2. The van der Waals surface area contributed by atoms with Gasteiger partial charge in [0.15, 0.2) is 0 Å². The highest BCUT2D eigenvalue weighted by Crippen LogP contribution is 2.27. The Balaban J connectivity index is 1.56. The van der Waals surface area contributed by atoms with Crippen LogP contribution in [0.1, 0.15) is 11.1 Å². The Morgan fingerprint density at radius 1 is 0.867 bits per heavy atom. The molecule has 0 unspecified atom stereocenters. The molecule has 148 valence electrons. The molecule has 0 saturated carbocycles. The Bertz CT molecular complexity index is 1260. The zero-order valence-corrected chi connectivity index (χ0v) is 18.3. The lowest BCUT2D eigenvalue weighted by molar-refractivity contribution is -0.136. The third kappa shape index (κ3) is 4.18. The van der Waals surface area contributed by atoms with Gasteiger partial charge in [-0.05, 0) is 80.9 Å². The number of hydrogen-bond acceptors (Lipinski definition) is 3. The van der Waals surface area contributed by atoms with Gasteiger partial charge in [0, 0.05) is 14.8 Å². The summed E-state index contributed by atoms with van der Waals surface area (Å²) < 4.78 is 1.06. The number of anilines is 1. The highest BCUT2D eigenvalue weighted by molar-refractivity contribution is 14.1. The van der Waals surface area contributed by atoms with Crippen LogP contribution in [0.15, 0.2) is 77.9 Å². The number of hydrogen-bond donors (Lipinski definition) is 2. The molecule has 0 spiro atoms. The van der Waals surface area contributed by atoms with Gasteiger partial charge in [0.25, 0.3) is 0 Å². The van der Waals surface area contributed by atoms with Crippen LogP contribution >= 0.6 is 22.6 Å². The average Bonchev–Trinajstić information content (AvgIpc) is 2.75. The molecule has 0 atom stereocenters. The van der Waals surface area contributed by atoms with Crippen molar-refractivity contribution < 1.29 is 9.59 Å². The molecule has 2 N–H and O–H groups in total. The Morgan fingerprint density at radius 3 is 2.13 bits per heavy atom. The van der Waals surface area contributed by atoms with Crippen LogP contribution in [0.5, 0.6) is 0 Å². The molecule has 0 aliphatic rings. The Kier molecular flexibility index (Phi) is 5.76. The standard InChI is InChI=1S/C24H18IN3O2/c1-15-12-18(25)10-11-22(15)27-23(29)24(30)28-26-14-21-19-8-4-2-6-16(19)13-17-7-3-5-9-20(17)21/h2-14H,1H3,(H,27,29)(H,28,30)/b26-14-. The Morgan fingerprint density at radius 2 is 1.50 bits per heavy atom. The van der Waals surface area contributed by atoms with Crippen molar-refractivity contribution in [2.75, 3.05) is 5.32 Å². The van der Waals surface area contributed by atoms with Crippen LogP contribution in [0.4, 0.5) is 5.69 Å². The van der Waals surface area contributed by atoms with E-state index in [0.29, 0.717) is 5.69 Å². The normalized spacial score (nSPS) is 11.1. The van der Waals surface area contributed by atoms with E-state index in [4.69, 9.17) is 0 Å². The molecule has 0 bridgehead atoms. The van der Waals surface area contributed by atoms with Crippen molar-refractivity contribution in [2.24, 2.45) is 5.10 Å². The van der Waals surface area contributed by atoms with Crippen LogP contribution in [-0.4, -0.2) is 18.0 Å². The molecule has 4 aromatic carbocycles. The molecule has 0 aromatic heterocycles. The highest BCUT2D eigenvalue weighted by atomic mass is 127. The van der Waals surface area contributed by atoms with E-state index < -0.39 is 11.8 Å². The maximum absolute atomic E-state index is 12.2. The number of carbonyl (C=O) groups is 2. The van der Waals surface area contributed by atoms with Crippen molar-refractivity contribution >= 4 is 67.9 Å². The second kappa shape index (κ2) is 8.62. The lowest BCUT2D eigenvalue weighted by Crippen LogP contribution is -2.32. The molecule has 30 heavy (non-hydrogen) atoms. The SMILES string of the molecule is Cc1cc(I)ccc1NC(=O)C(=O)N/N=C\c1c2ccccc2cc2ccccc12. The smallest absolute Gasteiger partial charge is 0.317 e. The first kappa shape index (κ1) is 20.0. The fraction of sp³-hybridized carbons (Fsp3) is 0.0417. The van der Waals surface area contributed by atoms with Gasteiger partial charge in [-0.25, -0.2) is 5.43 Å². The van der Waals surface area contributed by atoms with Gasteiger partial charge in [0.2, 0.25) is 0 Å². The summed E-state index contributed by atoms with van der Waals surface area (Å²) in [7, 11) is 0. The number of hydrazone groups is 1. The van der Waals surface area contributed by atoms with Crippen molar-refractivity contribution in [3.05, 3.63) is 87.5 Å². The molecule has 0 radical (unpaired) electrons. The van der Waals surface area contributed by atoms with Crippen LogP contribution in [0, 0.1) is 10.5 Å². The van der Waals surface area contributed by atoms with E-state index >= 15 is 0 Å². The van der Waals surface area contributed by atoms with E-state index in [1.165, 1.54) is 0 Å². The fourth-order valence-corrected chi connectivity index (χ4v) is 3.99. The van der Waals surface area contributed by atoms with E-state index in [2.05, 4.69) is 44.5 Å². The molecule has 0 aliphatic carbocycles. The summed E-state index contributed by atoms with van der Waals surface area (Å²) in [5.74, 6) is -1.59. The van der Waals surface area contributed by atoms with E-state index in [1.54, 1.807) is 12.3 Å². The van der Waals surface area contributed by atoms with Crippen molar-refractivity contribution in [1.82, 2.24) is 5.43 Å². The zero-order chi connectivity index (χ0) is 21.1. The summed E-state index contributed by atoms with van der Waals surface area (Å²) in [6.45, 7) is 1.87. The van der Waals surface area contributed by atoms with Gasteiger partial charge < -0.3 is 5.32 Å². The number of halogens is 1. The van der Waals surface area contributed by atoms with Crippen molar-refractivity contribution in [2.45, 2.75) is 6.92 Å². The summed E-state index contributed by atoms with van der Waals surface area (Å²) in [6.07, 6.45) is 1.59. The van der Waals surface area contributed by atoms with Gasteiger partial charge in [0.05, 0.1) is 6.21 Å². The average molecular weight is 507 g/mol. The van der Waals surface area contributed by atoms with Crippen LogP contribution in [0.25, 0.3) is 21.5 Å². The predicted octanol–water partition coefficient (Wildman–Crippen LogP) is 4.99. The first-order valence-corrected chi connectivity index (χ1v) is 10.4. The third-order valence-corrected chi connectivity index (χ3v) is 5.49. The van der Waals surface area contributed by atoms with E-state index in [9.17, 15) is 9.59 Å². The minimum absolute atomic E-state index is 0.597. The van der Waals surface area contributed by atoms with Crippen LogP contribution in [-0.2, 0) is 9.59 Å². The van der Waals surface area contributed by atoms with Gasteiger partial charge in [0.1, 0.15) is 0 Å². The van der Waals surface area contributed by atoms with Crippen LogP contribution < -0.4 is 10.7 Å². The fourth-order valence-electron chi connectivity index (χ4n) is 3.34. The van der Waals surface area contributed by atoms with E-state index in [0.717, 1.165) is 36.2 Å². The Hall–Kier alpha value is -3.26. The molecular weight excluding hydrogens is 489 g/mol. The predicted molar refractivity (Wildman–Crippen MR) is 130 cm³/mol. The van der Waals surface area contributed by atoms with Gasteiger partial charge in [-0.2, -0.15) is 5.10 Å². The molecule has 0 aliphatic heterocycles. The molecule has 4 aromatic rings. The molecule has 5 nitrogen and oxygen atoms in total. The molecule has 0 fully saturated rings. The first-order valence-electron chi connectivity index (χ1n) is 9.34. The minimum Gasteiger partial charge on any atom is -0.317 e. The Labute approximate surface area is 187 Å². The van der Waals surface area contributed by atoms with Crippen LogP contribution in [0.2, 0.25) is 0 Å². The number of rotatable bonds is 3. The first-order chi connectivity index (χ1) is 14.5. The number of aryl methyl sites for hydroxylation is 1.